The zero-order valence-corrected chi connectivity index (χ0v) is 14.3. The van der Waals surface area contributed by atoms with E-state index in [0.717, 1.165) is 0 Å². The second-order valence-corrected chi connectivity index (χ2v) is 5.59. The Labute approximate surface area is 148 Å². The lowest BCUT2D eigenvalue weighted by Crippen LogP contribution is -2.23. The smallest absolute Gasteiger partial charge is 0.344 e. The number of hydrogen-bond acceptors (Lipinski definition) is 7. The third-order valence-corrected chi connectivity index (χ3v) is 3.72. The summed E-state index contributed by atoms with van der Waals surface area (Å²) in [6.45, 7) is 1.68. The van der Waals surface area contributed by atoms with Crippen LogP contribution >= 0.6 is 11.3 Å². The average Bonchev–Trinajstić information content (AvgIpc) is 3.06. The number of carbonyl (C=O) groups is 2. The summed E-state index contributed by atoms with van der Waals surface area (Å²) in [5.41, 5.74) is 0.364. The van der Waals surface area contributed by atoms with Gasteiger partial charge in [0.25, 0.3) is 5.91 Å². The molecule has 2 rings (SSSR count). The van der Waals surface area contributed by atoms with E-state index in [2.05, 4.69) is 5.32 Å². The Hall–Kier alpha value is -3.05. The number of carbonyl (C=O) groups excluding carboxylic acids is 2. The van der Waals surface area contributed by atoms with Crippen molar-refractivity contribution in [3.8, 4) is 17.6 Å². The minimum atomic E-state index is -0.671. The van der Waals surface area contributed by atoms with Crippen LogP contribution in [0.5, 0.6) is 11.5 Å². The largest absolute Gasteiger partial charge is 0.494 e. The standard InChI is InChI=1S/C17H16N2O5S/c1-2-22-13-3-5-14(6-4-13)23-11-16(21)24-10-15(20)19-17-12(9-18)7-8-25-17/h3-8H,2,10-11H2,1H3,(H,19,20). The van der Waals surface area contributed by atoms with Gasteiger partial charge >= 0.3 is 5.97 Å². The van der Waals surface area contributed by atoms with Crippen LogP contribution in [0, 0.1) is 11.3 Å². The number of ether oxygens (including phenoxy) is 3. The van der Waals surface area contributed by atoms with Gasteiger partial charge in [-0.05, 0) is 42.6 Å². The number of amides is 1. The van der Waals surface area contributed by atoms with E-state index >= 15 is 0 Å². The molecule has 1 amide bonds. The molecule has 2 aromatic rings. The van der Waals surface area contributed by atoms with Gasteiger partial charge in [0, 0.05) is 0 Å². The second kappa shape index (κ2) is 9.30. The molecule has 0 saturated heterocycles. The fourth-order valence-corrected chi connectivity index (χ4v) is 2.54. The van der Waals surface area contributed by atoms with Crippen molar-refractivity contribution < 1.29 is 23.8 Å². The first-order valence-corrected chi connectivity index (χ1v) is 8.29. The Morgan fingerprint density at radius 3 is 2.44 bits per heavy atom. The minimum Gasteiger partial charge on any atom is -0.494 e. The Kier molecular flexibility index (Phi) is 6.80. The highest BCUT2D eigenvalue weighted by molar-refractivity contribution is 7.14. The minimum absolute atomic E-state index is 0.316. The zero-order valence-electron chi connectivity index (χ0n) is 13.5. The monoisotopic (exact) mass is 360 g/mol. The Morgan fingerprint density at radius 2 is 1.80 bits per heavy atom. The van der Waals surface area contributed by atoms with Gasteiger partial charge in [0.15, 0.2) is 13.2 Å². The molecule has 0 bridgehead atoms. The lowest BCUT2D eigenvalue weighted by atomic mass is 10.3. The molecule has 0 radical (unpaired) electrons. The first-order valence-electron chi connectivity index (χ1n) is 7.41. The predicted octanol–water partition coefficient (Wildman–Crippen LogP) is 2.58. The van der Waals surface area contributed by atoms with Gasteiger partial charge in [-0.1, -0.05) is 0 Å². The molecule has 0 fully saturated rings. The molecule has 0 unspecified atom stereocenters. The van der Waals surface area contributed by atoms with Crippen molar-refractivity contribution in [2.75, 3.05) is 25.1 Å². The number of nitrogens with one attached hydrogen (secondary N) is 1. The van der Waals surface area contributed by atoms with E-state index in [4.69, 9.17) is 19.5 Å². The fraction of sp³-hybridized carbons (Fsp3) is 0.235. The normalized spacial score (nSPS) is 9.76. The van der Waals surface area contributed by atoms with E-state index in [1.807, 2.05) is 13.0 Å². The second-order valence-electron chi connectivity index (χ2n) is 4.68. The maximum absolute atomic E-state index is 11.7. The molecule has 1 heterocycles. The molecular formula is C17H16N2O5S. The Morgan fingerprint density at radius 1 is 1.12 bits per heavy atom. The summed E-state index contributed by atoms with van der Waals surface area (Å²) in [4.78, 5) is 23.3. The van der Waals surface area contributed by atoms with E-state index in [9.17, 15) is 9.59 Å². The average molecular weight is 360 g/mol. The lowest BCUT2D eigenvalue weighted by Gasteiger charge is -2.08. The molecule has 1 aromatic carbocycles. The molecule has 0 aliphatic heterocycles. The highest BCUT2D eigenvalue weighted by Crippen LogP contribution is 2.21. The number of nitriles is 1. The molecule has 8 heteroatoms. The highest BCUT2D eigenvalue weighted by Gasteiger charge is 2.11. The van der Waals surface area contributed by atoms with Gasteiger partial charge in [-0.25, -0.2) is 4.79 Å². The third kappa shape index (κ3) is 5.82. The molecule has 1 N–H and O–H groups in total. The molecule has 0 aliphatic rings. The van der Waals surface area contributed by atoms with Crippen molar-refractivity contribution >= 4 is 28.2 Å². The van der Waals surface area contributed by atoms with E-state index in [0.29, 0.717) is 28.7 Å². The van der Waals surface area contributed by atoms with Crippen molar-refractivity contribution in [3.05, 3.63) is 41.3 Å². The third-order valence-electron chi connectivity index (χ3n) is 2.89. The van der Waals surface area contributed by atoms with Crippen LogP contribution in [0.3, 0.4) is 0 Å². The van der Waals surface area contributed by atoms with Gasteiger partial charge in [0.05, 0.1) is 12.2 Å². The number of rotatable bonds is 8. The van der Waals surface area contributed by atoms with Crippen molar-refractivity contribution in [2.45, 2.75) is 6.92 Å². The summed E-state index contributed by atoms with van der Waals surface area (Å²) < 4.78 is 15.4. The van der Waals surface area contributed by atoms with Crippen LogP contribution in [0.1, 0.15) is 12.5 Å². The van der Waals surface area contributed by atoms with Gasteiger partial charge < -0.3 is 19.5 Å². The summed E-state index contributed by atoms with van der Waals surface area (Å²) >= 11 is 1.22. The lowest BCUT2D eigenvalue weighted by molar-refractivity contribution is -0.149. The molecule has 7 nitrogen and oxygen atoms in total. The van der Waals surface area contributed by atoms with Gasteiger partial charge in [0.2, 0.25) is 0 Å². The van der Waals surface area contributed by atoms with E-state index in [1.54, 1.807) is 35.7 Å². The maximum atomic E-state index is 11.7. The van der Waals surface area contributed by atoms with E-state index < -0.39 is 18.5 Å². The maximum Gasteiger partial charge on any atom is 0.344 e. The highest BCUT2D eigenvalue weighted by atomic mass is 32.1. The summed E-state index contributed by atoms with van der Waals surface area (Å²) in [5, 5.41) is 13.5. The number of thiophene rings is 1. The van der Waals surface area contributed by atoms with E-state index in [-0.39, 0.29) is 6.61 Å². The molecule has 130 valence electrons. The first kappa shape index (κ1) is 18.3. The molecule has 0 spiro atoms. The number of esters is 1. The predicted molar refractivity (Wildman–Crippen MR) is 91.7 cm³/mol. The molecule has 0 atom stereocenters. The van der Waals surface area contributed by atoms with Gasteiger partial charge in [-0.3, -0.25) is 4.79 Å². The summed E-state index contributed by atoms with van der Waals surface area (Å²) in [6, 6.07) is 10.3. The molecule has 1 aromatic heterocycles. The first-order chi connectivity index (χ1) is 12.1. The molecule has 0 saturated carbocycles. The SMILES string of the molecule is CCOc1ccc(OCC(=O)OCC(=O)Nc2sccc2C#N)cc1. The van der Waals surface area contributed by atoms with Crippen LogP contribution in [-0.4, -0.2) is 31.7 Å². The van der Waals surface area contributed by atoms with Crippen LogP contribution in [0.15, 0.2) is 35.7 Å². The fourth-order valence-electron chi connectivity index (χ4n) is 1.79. The number of benzene rings is 1. The van der Waals surface area contributed by atoms with Gasteiger partial charge in [-0.2, -0.15) is 5.26 Å². The number of anilines is 1. The van der Waals surface area contributed by atoms with Gasteiger partial charge in [0.1, 0.15) is 22.6 Å². The Bertz CT molecular complexity index is 764. The molecular weight excluding hydrogens is 344 g/mol. The van der Waals surface area contributed by atoms with Crippen LogP contribution in [0.25, 0.3) is 0 Å². The van der Waals surface area contributed by atoms with E-state index in [1.165, 1.54) is 11.3 Å². The van der Waals surface area contributed by atoms with Crippen molar-refractivity contribution in [1.82, 2.24) is 0 Å². The molecule has 25 heavy (non-hydrogen) atoms. The molecule has 0 aliphatic carbocycles. The van der Waals surface area contributed by atoms with Crippen molar-refractivity contribution in [1.29, 1.82) is 5.26 Å². The zero-order chi connectivity index (χ0) is 18.1. The summed E-state index contributed by atoms with van der Waals surface area (Å²) in [6.07, 6.45) is 0. The van der Waals surface area contributed by atoms with Gasteiger partial charge in [-0.15, -0.1) is 11.3 Å². The topological polar surface area (TPSA) is 97.7 Å². The van der Waals surface area contributed by atoms with Crippen LogP contribution in [0.2, 0.25) is 0 Å². The van der Waals surface area contributed by atoms with Crippen molar-refractivity contribution in [2.24, 2.45) is 0 Å². The quantitative estimate of drug-likeness (QED) is 0.727. The van der Waals surface area contributed by atoms with Crippen molar-refractivity contribution in [3.63, 3.8) is 0 Å². The van der Waals surface area contributed by atoms with Crippen LogP contribution < -0.4 is 14.8 Å². The number of hydrogen-bond donors (Lipinski definition) is 1. The van der Waals surface area contributed by atoms with Crippen LogP contribution in [0.4, 0.5) is 5.00 Å². The summed E-state index contributed by atoms with van der Waals surface area (Å²) in [5.74, 6) is 0.00519. The Balaban J connectivity index is 1.71. The number of nitrogens with zero attached hydrogens (tertiary/aromatic N) is 1. The summed E-state index contributed by atoms with van der Waals surface area (Å²) in [7, 11) is 0. The van der Waals surface area contributed by atoms with Crippen LogP contribution in [-0.2, 0) is 14.3 Å².